The van der Waals surface area contributed by atoms with Gasteiger partial charge in [-0.05, 0) is 54.1 Å². The number of ether oxygens (including phenoxy) is 1. The van der Waals surface area contributed by atoms with E-state index in [1.165, 1.54) is 41.4 Å². The smallest absolute Gasteiger partial charge is 0.406 e. The molecule has 0 aliphatic carbocycles. The highest BCUT2D eigenvalue weighted by atomic mass is 19.4. The summed E-state index contributed by atoms with van der Waals surface area (Å²) in [6.07, 6.45) is 0.933. The first-order valence-corrected chi connectivity index (χ1v) is 8.98. The SMILES string of the molecule is C=C1C=CN(c2ccc(OC(F)(F)F)cc2)N=C1C1CC=NN1c1cccc(F)c1. The van der Waals surface area contributed by atoms with Crippen LogP contribution >= 0.6 is 0 Å². The summed E-state index contributed by atoms with van der Waals surface area (Å²) in [6.45, 7) is 4.02. The van der Waals surface area contributed by atoms with E-state index in [0.29, 0.717) is 29.1 Å². The summed E-state index contributed by atoms with van der Waals surface area (Å²) < 4.78 is 54.6. The number of halogens is 4. The van der Waals surface area contributed by atoms with E-state index in [4.69, 9.17) is 0 Å². The molecule has 154 valence electrons. The topological polar surface area (TPSA) is 40.4 Å². The zero-order chi connectivity index (χ0) is 21.3. The molecular weight excluding hydrogens is 400 g/mol. The third-order valence-electron chi connectivity index (χ3n) is 4.51. The molecule has 9 heteroatoms. The number of hydrogen-bond acceptors (Lipinski definition) is 5. The molecule has 2 aromatic carbocycles. The largest absolute Gasteiger partial charge is 0.573 e. The van der Waals surface area contributed by atoms with E-state index in [-0.39, 0.29) is 17.6 Å². The van der Waals surface area contributed by atoms with Crippen molar-refractivity contribution >= 4 is 23.3 Å². The molecule has 0 N–H and O–H groups in total. The minimum absolute atomic E-state index is 0.292. The lowest BCUT2D eigenvalue weighted by Crippen LogP contribution is -2.37. The van der Waals surface area contributed by atoms with Crippen LogP contribution in [0.3, 0.4) is 0 Å². The molecule has 0 spiro atoms. The van der Waals surface area contributed by atoms with Crippen LogP contribution in [0.1, 0.15) is 6.42 Å². The van der Waals surface area contributed by atoms with Gasteiger partial charge in [-0.25, -0.2) is 9.40 Å². The molecule has 0 fully saturated rings. The summed E-state index contributed by atoms with van der Waals surface area (Å²) in [5.74, 6) is -0.692. The van der Waals surface area contributed by atoms with Gasteiger partial charge in [0.05, 0.1) is 17.1 Å². The van der Waals surface area contributed by atoms with Gasteiger partial charge in [0.15, 0.2) is 0 Å². The van der Waals surface area contributed by atoms with Gasteiger partial charge in [0.1, 0.15) is 17.6 Å². The molecule has 1 atom stereocenters. The van der Waals surface area contributed by atoms with Crippen molar-refractivity contribution in [2.24, 2.45) is 10.2 Å². The fourth-order valence-corrected chi connectivity index (χ4v) is 3.19. The van der Waals surface area contributed by atoms with Crippen LogP contribution in [0.2, 0.25) is 0 Å². The van der Waals surface area contributed by atoms with Crippen molar-refractivity contribution in [2.75, 3.05) is 10.0 Å². The first kappa shape index (κ1) is 19.7. The van der Waals surface area contributed by atoms with Gasteiger partial charge < -0.3 is 4.74 Å². The number of allylic oxidation sites excluding steroid dienone is 1. The maximum absolute atomic E-state index is 13.7. The van der Waals surface area contributed by atoms with E-state index in [2.05, 4.69) is 21.5 Å². The molecule has 0 aromatic heterocycles. The Labute approximate surface area is 169 Å². The van der Waals surface area contributed by atoms with Gasteiger partial charge in [0.2, 0.25) is 0 Å². The average molecular weight is 416 g/mol. The molecule has 5 nitrogen and oxygen atoms in total. The molecule has 30 heavy (non-hydrogen) atoms. The van der Waals surface area contributed by atoms with Crippen LogP contribution in [0, 0.1) is 5.82 Å². The standard InChI is InChI=1S/C21H16F4N4O/c1-14-10-12-28(16-5-7-18(8-6-16)30-21(23,24)25)27-20(14)19-9-11-26-29(19)17-4-2-3-15(22)13-17/h2-8,10-13,19H,1,9H2. The first-order valence-electron chi connectivity index (χ1n) is 8.98. The van der Waals surface area contributed by atoms with Crippen molar-refractivity contribution in [1.29, 1.82) is 0 Å². The van der Waals surface area contributed by atoms with Gasteiger partial charge in [-0.2, -0.15) is 10.2 Å². The lowest BCUT2D eigenvalue weighted by Gasteiger charge is -2.29. The number of benzene rings is 2. The molecule has 2 aliphatic rings. The Bertz CT molecular complexity index is 1040. The summed E-state index contributed by atoms with van der Waals surface area (Å²) in [5, 5.41) is 12.1. The third kappa shape index (κ3) is 4.19. The molecule has 0 bridgehead atoms. The highest BCUT2D eigenvalue weighted by Crippen LogP contribution is 2.30. The fraction of sp³-hybridized carbons (Fsp3) is 0.143. The minimum Gasteiger partial charge on any atom is -0.406 e. The molecule has 0 saturated heterocycles. The zero-order valence-electron chi connectivity index (χ0n) is 15.6. The molecule has 2 aromatic rings. The number of hydrazone groups is 2. The minimum atomic E-state index is -4.75. The van der Waals surface area contributed by atoms with Gasteiger partial charge in [-0.3, -0.25) is 5.01 Å². The molecular formula is C21H16F4N4O. The lowest BCUT2D eigenvalue weighted by molar-refractivity contribution is -0.274. The van der Waals surface area contributed by atoms with Gasteiger partial charge in [0, 0.05) is 18.8 Å². The van der Waals surface area contributed by atoms with Crippen LogP contribution in [-0.4, -0.2) is 24.3 Å². The Balaban J connectivity index is 1.58. The summed E-state index contributed by atoms with van der Waals surface area (Å²) in [7, 11) is 0. The highest BCUT2D eigenvalue weighted by molar-refractivity contribution is 6.10. The van der Waals surface area contributed by atoms with Crippen molar-refractivity contribution in [3.05, 3.63) is 78.8 Å². The number of anilines is 2. The predicted molar refractivity (Wildman–Crippen MR) is 107 cm³/mol. The number of hydrogen-bond donors (Lipinski definition) is 0. The van der Waals surface area contributed by atoms with Crippen LogP contribution in [0.5, 0.6) is 5.75 Å². The van der Waals surface area contributed by atoms with Gasteiger partial charge >= 0.3 is 6.36 Å². The van der Waals surface area contributed by atoms with Crippen molar-refractivity contribution in [3.8, 4) is 5.75 Å². The van der Waals surface area contributed by atoms with E-state index in [1.807, 2.05) is 0 Å². The Hall–Kier alpha value is -3.62. The second-order valence-electron chi connectivity index (χ2n) is 6.59. The molecule has 4 rings (SSSR count). The Kier molecular flexibility index (Phi) is 5.03. The average Bonchev–Trinajstić information content (AvgIpc) is 3.17. The number of nitrogens with zero attached hydrogens (tertiary/aromatic N) is 4. The second kappa shape index (κ2) is 7.66. The van der Waals surface area contributed by atoms with Crippen LogP contribution < -0.4 is 14.8 Å². The predicted octanol–water partition coefficient (Wildman–Crippen LogP) is 5.23. The van der Waals surface area contributed by atoms with E-state index < -0.39 is 6.36 Å². The van der Waals surface area contributed by atoms with Crippen LogP contribution in [0.15, 0.2) is 83.2 Å². The first-order chi connectivity index (χ1) is 14.3. The quantitative estimate of drug-likeness (QED) is 0.641. The number of rotatable bonds is 4. The number of alkyl halides is 3. The van der Waals surface area contributed by atoms with Gasteiger partial charge in [-0.15, -0.1) is 13.2 Å². The normalized spacial score (nSPS) is 18.7. The molecule has 0 amide bonds. The monoisotopic (exact) mass is 416 g/mol. The Morgan fingerprint density at radius 3 is 2.53 bits per heavy atom. The molecule has 2 aliphatic heterocycles. The fourth-order valence-electron chi connectivity index (χ4n) is 3.19. The van der Waals surface area contributed by atoms with E-state index in [9.17, 15) is 17.6 Å². The second-order valence-corrected chi connectivity index (χ2v) is 6.59. The third-order valence-corrected chi connectivity index (χ3v) is 4.51. The van der Waals surface area contributed by atoms with Gasteiger partial charge in [-0.1, -0.05) is 12.6 Å². The molecule has 2 heterocycles. The van der Waals surface area contributed by atoms with Crippen LogP contribution in [0.25, 0.3) is 0 Å². The Morgan fingerprint density at radius 2 is 1.83 bits per heavy atom. The molecule has 1 unspecified atom stereocenters. The van der Waals surface area contributed by atoms with E-state index >= 15 is 0 Å². The van der Waals surface area contributed by atoms with Gasteiger partial charge in [0.25, 0.3) is 0 Å². The maximum atomic E-state index is 13.7. The van der Waals surface area contributed by atoms with Crippen LogP contribution in [0.4, 0.5) is 28.9 Å². The summed E-state index contributed by atoms with van der Waals surface area (Å²) in [5.41, 5.74) is 2.41. The van der Waals surface area contributed by atoms with E-state index in [0.717, 1.165) is 0 Å². The zero-order valence-corrected chi connectivity index (χ0v) is 15.6. The summed E-state index contributed by atoms with van der Waals surface area (Å²) in [6, 6.07) is 11.2. The van der Waals surface area contributed by atoms with E-state index in [1.54, 1.807) is 35.6 Å². The van der Waals surface area contributed by atoms with Crippen molar-refractivity contribution in [1.82, 2.24) is 0 Å². The van der Waals surface area contributed by atoms with Crippen molar-refractivity contribution in [2.45, 2.75) is 18.8 Å². The molecule has 0 saturated carbocycles. The van der Waals surface area contributed by atoms with Crippen molar-refractivity contribution < 1.29 is 22.3 Å². The lowest BCUT2D eigenvalue weighted by atomic mass is 10.0. The van der Waals surface area contributed by atoms with Crippen molar-refractivity contribution in [3.63, 3.8) is 0 Å². The van der Waals surface area contributed by atoms with Crippen LogP contribution in [-0.2, 0) is 0 Å². The molecule has 0 radical (unpaired) electrons. The summed E-state index contributed by atoms with van der Waals surface area (Å²) in [4.78, 5) is 0. The Morgan fingerprint density at radius 1 is 1.07 bits per heavy atom. The maximum Gasteiger partial charge on any atom is 0.573 e. The highest BCUT2D eigenvalue weighted by Gasteiger charge is 2.32. The summed E-state index contributed by atoms with van der Waals surface area (Å²) >= 11 is 0.